The number of carbonyl (C=O) groups excluding carboxylic acids is 3. The van der Waals surface area contributed by atoms with Gasteiger partial charge < -0.3 is 19.3 Å². The second-order valence-electron chi connectivity index (χ2n) is 16.7. The van der Waals surface area contributed by atoms with Crippen LogP contribution >= 0.6 is 0 Å². The summed E-state index contributed by atoms with van der Waals surface area (Å²) in [5.41, 5.74) is 0. The summed E-state index contributed by atoms with van der Waals surface area (Å²) in [6.45, 7) is 8.86. The van der Waals surface area contributed by atoms with Crippen LogP contribution in [0.3, 0.4) is 0 Å². The van der Waals surface area contributed by atoms with Gasteiger partial charge in [-0.3, -0.25) is 19.3 Å². The molecule has 0 saturated carbocycles. The number of esters is 3. The van der Waals surface area contributed by atoms with Crippen molar-refractivity contribution in [1.82, 2.24) is 4.90 Å². The van der Waals surface area contributed by atoms with Crippen molar-refractivity contribution in [2.75, 3.05) is 26.3 Å². The Bertz CT molecular complexity index is 883. The number of ether oxygens (including phenoxy) is 3. The zero-order valence-electron chi connectivity index (χ0n) is 36.4. The molecule has 0 aromatic carbocycles. The highest BCUT2D eigenvalue weighted by molar-refractivity contribution is 5.76. The molecule has 1 rings (SSSR count). The second kappa shape index (κ2) is 37.9. The van der Waals surface area contributed by atoms with Crippen LogP contribution in [-0.4, -0.2) is 72.5 Å². The molecule has 0 unspecified atom stereocenters. The minimum absolute atomic E-state index is 0.0405. The van der Waals surface area contributed by atoms with Crippen molar-refractivity contribution in [3.63, 3.8) is 0 Å². The van der Waals surface area contributed by atoms with E-state index in [1.165, 1.54) is 109 Å². The van der Waals surface area contributed by atoms with E-state index in [0.29, 0.717) is 45.6 Å². The van der Waals surface area contributed by atoms with Gasteiger partial charge in [-0.2, -0.15) is 0 Å². The maximum Gasteiger partial charge on any atom is 0.323 e. The summed E-state index contributed by atoms with van der Waals surface area (Å²) in [5, 5.41) is 10.3. The van der Waals surface area contributed by atoms with Gasteiger partial charge in [0.2, 0.25) is 0 Å². The number of hydrogen-bond donors (Lipinski definition) is 1. The van der Waals surface area contributed by atoms with Crippen molar-refractivity contribution < 1.29 is 33.7 Å². The summed E-state index contributed by atoms with van der Waals surface area (Å²) < 4.78 is 17.0. The first-order chi connectivity index (χ1) is 26.9. The van der Waals surface area contributed by atoms with Gasteiger partial charge in [-0.1, -0.05) is 162 Å². The summed E-state index contributed by atoms with van der Waals surface area (Å²) >= 11 is 0. The first kappa shape index (κ1) is 51.3. The van der Waals surface area contributed by atoms with Crippen LogP contribution in [0.5, 0.6) is 0 Å². The third-order valence-electron chi connectivity index (χ3n) is 11.3. The highest BCUT2D eigenvalue weighted by Gasteiger charge is 2.36. The zero-order valence-corrected chi connectivity index (χ0v) is 36.4. The van der Waals surface area contributed by atoms with Gasteiger partial charge in [-0.15, -0.1) is 0 Å². The summed E-state index contributed by atoms with van der Waals surface area (Å²) in [6.07, 6.45) is 36.4. The largest absolute Gasteiger partial charge is 0.466 e. The van der Waals surface area contributed by atoms with Crippen LogP contribution in [-0.2, 0) is 28.6 Å². The Labute approximate surface area is 339 Å². The molecule has 0 bridgehead atoms. The third kappa shape index (κ3) is 31.1. The van der Waals surface area contributed by atoms with Crippen LogP contribution in [0.15, 0.2) is 0 Å². The number of hydrogen-bond acceptors (Lipinski definition) is 8. The predicted molar refractivity (Wildman–Crippen MR) is 227 cm³/mol. The number of carbonyl (C=O) groups is 3. The Kier molecular flexibility index (Phi) is 35.4. The lowest BCUT2D eigenvalue weighted by Gasteiger charge is -2.22. The van der Waals surface area contributed by atoms with Gasteiger partial charge >= 0.3 is 17.9 Å². The highest BCUT2D eigenvalue weighted by atomic mass is 16.5. The van der Waals surface area contributed by atoms with E-state index in [1.807, 2.05) is 4.90 Å². The Balaban J connectivity index is 2.13. The molecule has 2 atom stereocenters. The maximum atomic E-state index is 12.9. The SMILES string of the molecule is CCCCCCCCCCCOC(=O)CCCCCN1C[C@@H](O)C[C@H]1C(=O)OCCCCCCCC(=O)OC(CCCCCCCC)CCCCCCCC. The first-order valence-electron chi connectivity index (χ1n) is 23.8. The highest BCUT2D eigenvalue weighted by Crippen LogP contribution is 2.21. The minimum Gasteiger partial charge on any atom is -0.466 e. The smallest absolute Gasteiger partial charge is 0.323 e. The van der Waals surface area contributed by atoms with Gasteiger partial charge in [-0.05, 0) is 64.3 Å². The average Bonchev–Trinajstić information content (AvgIpc) is 3.55. The van der Waals surface area contributed by atoms with E-state index in [-0.39, 0.29) is 24.0 Å². The molecule has 1 aliphatic rings. The monoisotopic (exact) mass is 780 g/mol. The number of rotatable bonds is 40. The second-order valence-corrected chi connectivity index (χ2v) is 16.7. The predicted octanol–water partition coefficient (Wildman–Crippen LogP) is 12.4. The quantitative estimate of drug-likeness (QED) is 0.0373. The lowest BCUT2D eigenvalue weighted by atomic mass is 10.0. The van der Waals surface area contributed by atoms with Crippen molar-refractivity contribution in [3.8, 4) is 0 Å². The minimum atomic E-state index is -0.512. The summed E-state index contributed by atoms with van der Waals surface area (Å²) in [7, 11) is 0. The fourth-order valence-electron chi connectivity index (χ4n) is 7.79. The van der Waals surface area contributed by atoms with Crippen molar-refractivity contribution in [1.29, 1.82) is 0 Å². The van der Waals surface area contributed by atoms with Crippen LogP contribution in [0.4, 0.5) is 0 Å². The topological polar surface area (TPSA) is 102 Å². The molecule has 324 valence electrons. The van der Waals surface area contributed by atoms with E-state index in [0.717, 1.165) is 89.9 Å². The third-order valence-corrected chi connectivity index (χ3v) is 11.3. The lowest BCUT2D eigenvalue weighted by molar-refractivity contribution is -0.150. The maximum absolute atomic E-state index is 12.9. The van der Waals surface area contributed by atoms with Gasteiger partial charge in [0.15, 0.2) is 0 Å². The number of β-amino-alcohol motifs (C(OH)–C–C–N with tert-alkyl or cyclic N) is 1. The molecule has 0 aromatic heterocycles. The normalized spacial score (nSPS) is 15.9. The molecule has 0 aromatic rings. The summed E-state index contributed by atoms with van der Waals surface area (Å²) in [6, 6.07) is -0.395. The molecule has 8 heteroatoms. The Morgan fingerprint density at radius 3 is 1.47 bits per heavy atom. The molecular formula is C47H89NO7. The fraction of sp³-hybridized carbons (Fsp3) is 0.936. The van der Waals surface area contributed by atoms with Gasteiger partial charge in [0.25, 0.3) is 0 Å². The zero-order chi connectivity index (χ0) is 40.0. The van der Waals surface area contributed by atoms with Crippen LogP contribution in [0.25, 0.3) is 0 Å². The lowest BCUT2D eigenvalue weighted by Crippen LogP contribution is -2.38. The molecule has 0 amide bonds. The van der Waals surface area contributed by atoms with E-state index in [2.05, 4.69) is 20.8 Å². The number of nitrogens with zero attached hydrogens (tertiary/aromatic N) is 1. The molecule has 1 aliphatic heterocycles. The van der Waals surface area contributed by atoms with Crippen LogP contribution in [0, 0.1) is 0 Å². The Morgan fingerprint density at radius 2 is 0.945 bits per heavy atom. The Hall–Kier alpha value is -1.67. The molecule has 0 spiro atoms. The number of unbranched alkanes of at least 4 members (excludes halogenated alkanes) is 24. The van der Waals surface area contributed by atoms with E-state index in [9.17, 15) is 19.5 Å². The van der Waals surface area contributed by atoms with Gasteiger partial charge in [0.05, 0.1) is 19.3 Å². The van der Waals surface area contributed by atoms with Gasteiger partial charge in [0, 0.05) is 25.8 Å². The van der Waals surface area contributed by atoms with Crippen LogP contribution < -0.4 is 0 Å². The average molecular weight is 780 g/mol. The molecule has 1 fully saturated rings. The van der Waals surface area contributed by atoms with Crippen molar-refractivity contribution >= 4 is 17.9 Å². The number of aliphatic hydroxyl groups excluding tert-OH is 1. The van der Waals surface area contributed by atoms with E-state index >= 15 is 0 Å². The van der Waals surface area contributed by atoms with Crippen molar-refractivity contribution in [2.45, 2.75) is 257 Å². The van der Waals surface area contributed by atoms with Crippen molar-refractivity contribution in [3.05, 3.63) is 0 Å². The molecule has 0 aliphatic carbocycles. The van der Waals surface area contributed by atoms with E-state index in [4.69, 9.17) is 14.2 Å². The molecule has 1 heterocycles. The molecule has 1 N–H and O–H groups in total. The Morgan fingerprint density at radius 1 is 0.527 bits per heavy atom. The summed E-state index contributed by atoms with van der Waals surface area (Å²) in [5.74, 6) is -0.390. The van der Waals surface area contributed by atoms with E-state index in [1.54, 1.807) is 0 Å². The van der Waals surface area contributed by atoms with Crippen LogP contribution in [0.1, 0.15) is 239 Å². The molecule has 55 heavy (non-hydrogen) atoms. The molecular weight excluding hydrogens is 691 g/mol. The van der Waals surface area contributed by atoms with E-state index < -0.39 is 12.1 Å². The van der Waals surface area contributed by atoms with Gasteiger partial charge in [0.1, 0.15) is 12.1 Å². The number of likely N-dealkylation sites (tertiary alicyclic amines) is 1. The van der Waals surface area contributed by atoms with Gasteiger partial charge in [-0.25, -0.2) is 0 Å². The molecule has 1 saturated heterocycles. The molecule has 0 radical (unpaired) electrons. The fourth-order valence-corrected chi connectivity index (χ4v) is 7.79. The molecule has 8 nitrogen and oxygen atoms in total. The van der Waals surface area contributed by atoms with Crippen molar-refractivity contribution in [2.24, 2.45) is 0 Å². The number of aliphatic hydroxyl groups is 1. The summed E-state index contributed by atoms with van der Waals surface area (Å²) in [4.78, 5) is 39.7. The van der Waals surface area contributed by atoms with Crippen LogP contribution in [0.2, 0.25) is 0 Å². The first-order valence-corrected chi connectivity index (χ1v) is 23.8. The standard InChI is InChI=1S/C47H89NO7/c1-4-7-10-13-16-17-18-23-31-38-53-45(50)35-29-25-30-37-48-41-42(49)40-44(48)47(52)54-39-32-24-19-22-28-36-46(51)55-43(33-26-20-14-11-8-5-2)34-27-21-15-12-9-6-3/h42-44,49H,4-41H2,1-3H3/t42-,44-/m0/s1.